The van der Waals surface area contributed by atoms with Crippen molar-refractivity contribution >= 4 is 28.3 Å². The fraction of sp³-hybridized carbons (Fsp3) is 0.722. The molecule has 1 aromatic heterocycles. The van der Waals surface area contributed by atoms with Crippen LogP contribution in [-0.2, 0) is 14.3 Å². The van der Waals surface area contributed by atoms with Crippen LogP contribution >= 0.6 is 11.3 Å². The number of aryl methyl sites for hydroxylation is 1. The van der Waals surface area contributed by atoms with Gasteiger partial charge in [0.15, 0.2) is 5.13 Å². The zero-order valence-electron chi connectivity index (χ0n) is 15.6. The molecule has 2 amide bonds. The zero-order chi connectivity index (χ0) is 18.5. The monoisotopic (exact) mass is 380 g/mol. The Balaban J connectivity index is 1.42. The van der Waals surface area contributed by atoms with Gasteiger partial charge in [0.05, 0.1) is 24.9 Å². The first-order valence-electron chi connectivity index (χ1n) is 9.40. The summed E-state index contributed by atoms with van der Waals surface area (Å²) >= 11 is 1.45. The molecule has 0 radical (unpaired) electrons. The smallest absolute Gasteiger partial charge is 0.236 e. The van der Waals surface area contributed by atoms with E-state index in [2.05, 4.69) is 22.1 Å². The van der Waals surface area contributed by atoms with Crippen molar-refractivity contribution in [3.63, 3.8) is 0 Å². The molecule has 2 aliphatic rings. The van der Waals surface area contributed by atoms with Gasteiger partial charge in [-0.15, -0.1) is 11.3 Å². The van der Waals surface area contributed by atoms with E-state index in [-0.39, 0.29) is 23.8 Å². The van der Waals surface area contributed by atoms with Crippen LogP contribution in [0.25, 0.3) is 0 Å². The lowest BCUT2D eigenvalue weighted by Crippen LogP contribution is -2.50. The molecule has 1 unspecified atom stereocenters. The van der Waals surface area contributed by atoms with Crippen LogP contribution in [0.3, 0.4) is 0 Å². The number of aromatic nitrogens is 1. The number of anilines is 1. The maximum absolute atomic E-state index is 12.5. The molecular weight excluding hydrogens is 352 g/mol. The molecule has 0 saturated carbocycles. The summed E-state index contributed by atoms with van der Waals surface area (Å²) in [5.74, 6) is 0.218. The lowest BCUT2D eigenvalue weighted by molar-refractivity contribution is -0.140. The van der Waals surface area contributed by atoms with Crippen molar-refractivity contribution in [3.05, 3.63) is 11.1 Å². The average molecular weight is 381 g/mol. The van der Waals surface area contributed by atoms with Gasteiger partial charge in [-0.1, -0.05) is 6.92 Å². The molecular formula is C18H28N4O3S. The van der Waals surface area contributed by atoms with Gasteiger partial charge in [-0.3, -0.25) is 14.5 Å². The standard InChI is InChI=1S/C18H28N4O3S/c1-3-15-10-22(8-9-25-15)16(23)11-21-6-4-14(5-7-21)17(24)20-18-19-13(2)12-26-18/h12,14-15H,3-11H2,1-2H3,(H,19,20,24). The Bertz CT molecular complexity index is 628. The van der Waals surface area contributed by atoms with Crippen molar-refractivity contribution in [2.75, 3.05) is 44.6 Å². The Hall–Kier alpha value is -1.51. The van der Waals surface area contributed by atoms with Crippen LogP contribution in [0, 0.1) is 12.8 Å². The normalized spacial score (nSPS) is 22.4. The lowest BCUT2D eigenvalue weighted by atomic mass is 9.96. The van der Waals surface area contributed by atoms with Crippen molar-refractivity contribution in [1.29, 1.82) is 0 Å². The summed E-state index contributed by atoms with van der Waals surface area (Å²) in [5, 5.41) is 5.51. The van der Waals surface area contributed by atoms with E-state index in [1.54, 1.807) is 0 Å². The molecule has 2 saturated heterocycles. The highest BCUT2D eigenvalue weighted by molar-refractivity contribution is 7.13. The van der Waals surface area contributed by atoms with Crippen molar-refractivity contribution in [1.82, 2.24) is 14.8 Å². The van der Waals surface area contributed by atoms with Crippen LogP contribution in [-0.4, -0.2) is 72.0 Å². The topological polar surface area (TPSA) is 74.8 Å². The summed E-state index contributed by atoms with van der Waals surface area (Å²) in [7, 11) is 0. The first kappa shape index (κ1) is 19.3. The SMILES string of the molecule is CCC1CN(C(=O)CN2CCC(C(=O)Nc3nc(C)cs3)CC2)CCO1. The van der Waals surface area contributed by atoms with Crippen molar-refractivity contribution in [2.24, 2.45) is 5.92 Å². The van der Waals surface area contributed by atoms with Gasteiger partial charge >= 0.3 is 0 Å². The molecule has 7 nitrogen and oxygen atoms in total. The van der Waals surface area contributed by atoms with Gasteiger partial charge in [0.25, 0.3) is 0 Å². The Labute approximate surface area is 158 Å². The van der Waals surface area contributed by atoms with E-state index >= 15 is 0 Å². The van der Waals surface area contributed by atoms with Crippen LogP contribution in [0.4, 0.5) is 5.13 Å². The van der Waals surface area contributed by atoms with Gasteiger partial charge in [-0.25, -0.2) is 4.98 Å². The fourth-order valence-electron chi connectivity index (χ4n) is 3.46. The van der Waals surface area contributed by atoms with Gasteiger partial charge in [0.1, 0.15) is 0 Å². The molecule has 3 heterocycles. The summed E-state index contributed by atoms with van der Waals surface area (Å²) in [6.07, 6.45) is 2.66. The number of nitrogens with zero attached hydrogens (tertiary/aromatic N) is 3. The van der Waals surface area contributed by atoms with E-state index in [4.69, 9.17) is 4.74 Å². The second kappa shape index (κ2) is 8.92. The molecule has 0 spiro atoms. The second-order valence-electron chi connectivity index (χ2n) is 7.07. The molecule has 2 aliphatic heterocycles. The number of ether oxygens (including phenoxy) is 1. The molecule has 1 N–H and O–H groups in total. The Morgan fingerprint density at radius 3 is 2.77 bits per heavy atom. The second-order valence-corrected chi connectivity index (χ2v) is 7.93. The van der Waals surface area contributed by atoms with Gasteiger partial charge in [0, 0.05) is 24.4 Å². The summed E-state index contributed by atoms with van der Waals surface area (Å²) in [5.41, 5.74) is 0.923. The maximum Gasteiger partial charge on any atom is 0.236 e. The molecule has 26 heavy (non-hydrogen) atoms. The minimum absolute atomic E-state index is 0.00147. The molecule has 1 aromatic rings. The van der Waals surface area contributed by atoms with E-state index in [1.807, 2.05) is 17.2 Å². The summed E-state index contributed by atoms with van der Waals surface area (Å²) in [6.45, 7) is 8.01. The summed E-state index contributed by atoms with van der Waals surface area (Å²) in [4.78, 5) is 33.3. The summed E-state index contributed by atoms with van der Waals surface area (Å²) < 4.78 is 5.63. The Morgan fingerprint density at radius 2 is 2.12 bits per heavy atom. The van der Waals surface area contributed by atoms with Gasteiger partial charge in [-0.2, -0.15) is 0 Å². The number of thiazole rings is 1. The minimum atomic E-state index is -0.00147. The molecule has 0 aromatic carbocycles. The van der Waals surface area contributed by atoms with E-state index in [9.17, 15) is 9.59 Å². The third kappa shape index (κ3) is 5.02. The number of piperidine rings is 1. The molecule has 2 fully saturated rings. The highest BCUT2D eigenvalue weighted by Gasteiger charge is 2.29. The molecule has 0 aliphatic carbocycles. The first-order valence-corrected chi connectivity index (χ1v) is 10.3. The molecule has 8 heteroatoms. The number of rotatable bonds is 5. The number of hydrogen-bond acceptors (Lipinski definition) is 6. The molecule has 0 bridgehead atoms. The van der Waals surface area contributed by atoms with Crippen LogP contribution in [0.1, 0.15) is 31.9 Å². The minimum Gasteiger partial charge on any atom is -0.375 e. The van der Waals surface area contributed by atoms with E-state index in [0.717, 1.165) is 38.0 Å². The van der Waals surface area contributed by atoms with Gasteiger partial charge in [0.2, 0.25) is 11.8 Å². The Kier molecular flexibility index (Phi) is 6.61. The zero-order valence-corrected chi connectivity index (χ0v) is 16.4. The van der Waals surface area contributed by atoms with Crippen LogP contribution in [0.15, 0.2) is 5.38 Å². The first-order chi connectivity index (χ1) is 12.5. The van der Waals surface area contributed by atoms with E-state index in [1.165, 1.54) is 11.3 Å². The predicted octanol–water partition coefficient (Wildman–Crippen LogP) is 1.74. The number of likely N-dealkylation sites (tertiary alicyclic amines) is 1. The number of carbonyl (C=O) groups is 2. The molecule has 144 valence electrons. The third-order valence-corrected chi connectivity index (χ3v) is 5.99. The molecule has 3 rings (SSSR count). The number of morpholine rings is 1. The molecule has 1 atom stereocenters. The highest BCUT2D eigenvalue weighted by Crippen LogP contribution is 2.21. The largest absolute Gasteiger partial charge is 0.375 e. The van der Waals surface area contributed by atoms with Crippen LogP contribution in [0.5, 0.6) is 0 Å². The summed E-state index contributed by atoms with van der Waals surface area (Å²) in [6, 6.07) is 0. The third-order valence-electron chi connectivity index (χ3n) is 5.11. The number of hydrogen-bond donors (Lipinski definition) is 1. The van der Waals surface area contributed by atoms with E-state index < -0.39 is 0 Å². The number of amides is 2. The van der Waals surface area contributed by atoms with Crippen molar-refractivity contribution < 1.29 is 14.3 Å². The van der Waals surface area contributed by atoms with Gasteiger partial charge in [-0.05, 0) is 39.3 Å². The number of carbonyl (C=O) groups excluding carboxylic acids is 2. The van der Waals surface area contributed by atoms with Crippen LogP contribution < -0.4 is 5.32 Å². The predicted molar refractivity (Wildman–Crippen MR) is 101 cm³/mol. The lowest BCUT2D eigenvalue weighted by Gasteiger charge is -2.35. The van der Waals surface area contributed by atoms with E-state index in [0.29, 0.717) is 31.4 Å². The van der Waals surface area contributed by atoms with Crippen molar-refractivity contribution in [3.8, 4) is 0 Å². The fourth-order valence-corrected chi connectivity index (χ4v) is 4.15. The van der Waals surface area contributed by atoms with Gasteiger partial charge < -0.3 is 15.0 Å². The van der Waals surface area contributed by atoms with Crippen molar-refractivity contribution in [2.45, 2.75) is 39.2 Å². The van der Waals surface area contributed by atoms with Crippen LogP contribution in [0.2, 0.25) is 0 Å². The average Bonchev–Trinajstić information content (AvgIpc) is 3.07. The number of nitrogens with one attached hydrogen (secondary N) is 1. The maximum atomic E-state index is 12.5. The highest BCUT2D eigenvalue weighted by atomic mass is 32.1. The Morgan fingerprint density at radius 1 is 1.35 bits per heavy atom. The quantitative estimate of drug-likeness (QED) is 0.842.